The molecule has 0 radical (unpaired) electrons. The number of hydrogen-bond acceptors (Lipinski definition) is 1. The summed E-state index contributed by atoms with van der Waals surface area (Å²) < 4.78 is 2.02. The maximum absolute atomic E-state index is 3.49. The van der Waals surface area contributed by atoms with Crippen molar-refractivity contribution >= 4 is 0 Å². The van der Waals surface area contributed by atoms with E-state index in [0.717, 1.165) is 6.42 Å². The number of nitrogens with zero attached hydrogens (tertiary/aromatic N) is 1. The fourth-order valence-corrected chi connectivity index (χ4v) is 1.88. The van der Waals surface area contributed by atoms with Gasteiger partial charge in [0.15, 0.2) is 0 Å². The predicted octanol–water partition coefficient (Wildman–Crippen LogP) is 3.57. The summed E-state index contributed by atoms with van der Waals surface area (Å²) in [5.41, 5.74) is 4.84. The molecule has 0 saturated heterocycles. The largest absolute Gasteiger partial charge is 0.319 e. The number of rotatable bonds is 5. The molecule has 1 unspecified atom stereocenters. The highest BCUT2D eigenvalue weighted by molar-refractivity contribution is 5.21. The Morgan fingerprint density at radius 1 is 1.06 bits per heavy atom. The lowest BCUT2D eigenvalue weighted by atomic mass is 10.0. The summed E-state index contributed by atoms with van der Waals surface area (Å²) in [6.07, 6.45) is 6.38. The molecule has 16 heavy (non-hydrogen) atoms. The monoisotopic (exact) mass is 214 g/mol. The van der Waals surface area contributed by atoms with Crippen LogP contribution in [0.5, 0.6) is 0 Å². The molecule has 84 valence electrons. The Balaban J connectivity index is 2.11. The average Bonchev–Trinajstić information content (AvgIpc) is 2.83. The molecule has 1 aromatic carbocycles. The van der Waals surface area contributed by atoms with Gasteiger partial charge in [-0.25, -0.2) is 0 Å². The molecule has 2 heteroatoms. The Morgan fingerprint density at radius 3 is 2.38 bits per heavy atom. The summed E-state index contributed by atoms with van der Waals surface area (Å²) >= 11 is 0. The minimum atomic E-state index is 0.388. The fourth-order valence-electron chi connectivity index (χ4n) is 1.88. The van der Waals surface area contributed by atoms with Gasteiger partial charge in [-0.15, -0.1) is 0 Å². The maximum Gasteiger partial charge on any atom is 0.0673 e. The number of benzene rings is 1. The number of hydrogen-bond donors (Lipinski definition) is 1. The van der Waals surface area contributed by atoms with Gasteiger partial charge in [0.25, 0.3) is 0 Å². The van der Waals surface area contributed by atoms with Gasteiger partial charge in [-0.2, -0.15) is 0 Å². The van der Waals surface area contributed by atoms with Crippen LogP contribution in [0.2, 0.25) is 0 Å². The van der Waals surface area contributed by atoms with Crippen molar-refractivity contribution in [2.75, 3.05) is 5.43 Å². The minimum Gasteiger partial charge on any atom is -0.319 e. The van der Waals surface area contributed by atoms with Gasteiger partial charge in [0.05, 0.1) is 6.04 Å². The molecule has 1 aromatic heterocycles. The molecular weight excluding hydrogens is 196 g/mol. The number of aromatic nitrogens is 1. The Kier molecular flexibility index (Phi) is 3.65. The van der Waals surface area contributed by atoms with E-state index in [-0.39, 0.29) is 0 Å². The molecule has 0 aliphatic heterocycles. The Hall–Kier alpha value is -1.70. The van der Waals surface area contributed by atoms with E-state index in [9.17, 15) is 0 Å². The van der Waals surface area contributed by atoms with Crippen LogP contribution in [-0.2, 0) is 0 Å². The van der Waals surface area contributed by atoms with E-state index < -0.39 is 0 Å². The Bertz CT molecular complexity index is 392. The van der Waals surface area contributed by atoms with Crippen LogP contribution >= 0.6 is 0 Å². The van der Waals surface area contributed by atoms with Crippen LogP contribution in [0.1, 0.15) is 31.4 Å². The highest BCUT2D eigenvalue weighted by Gasteiger charge is 2.08. The fraction of sp³-hybridized carbons (Fsp3) is 0.286. The maximum atomic E-state index is 3.49. The number of nitrogens with one attached hydrogen (secondary N) is 1. The van der Waals surface area contributed by atoms with Crippen LogP contribution in [0.15, 0.2) is 54.9 Å². The molecule has 0 saturated carbocycles. The van der Waals surface area contributed by atoms with Gasteiger partial charge < -0.3 is 5.43 Å². The lowest BCUT2D eigenvalue weighted by Gasteiger charge is -2.20. The molecule has 2 nitrogen and oxygen atoms in total. The summed E-state index contributed by atoms with van der Waals surface area (Å²) in [6, 6.07) is 15.0. The zero-order valence-electron chi connectivity index (χ0n) is 9.63. The summed E-state index contributed by atoms with van der Waals surface area (Å²) in [5.74, 6) is 0. The van der Waals surface area contributed by atoms with Crippen LogP contribution in [0.25, 0.3) is 0 Å². The smallest absolute Gasteiger partial charge is 0.0673 e. The van der Waals surface area contributed by atoms with E-state index in [4.69, 9.17) is 0 Å². The van der Waals surface area contributed by atoms with Crippen LogP contribution in [0.3, 0.4) is 0 Å². The lowest BCUT2D eigenvalue weighted by molar-refractivity contribution is 0.611. The minimum absolute atomic E-state index is 0.388. The second kappa shape index (κ2) is 5.40. The van der Waals surface area contributed by atoms with Crippen LogP contribution in [-0.4, -0.2) is 4.68 Å². The second-order valence-electron chi connectivity index (χ2n) is 3.97. The van der Waals surface area contributed by atoms with E-state index in [2.05, 4.69) is 42.7 Å². The van der Waals surface area contributed by atoms with Gasteiger partial charge in [-0.05, 0) is 24.1 Å². The van der Waals surface area contributed by atoms with Crippen molar-refractivity contribution in [3.63, 3.8) is 0 Å². The molecule has 0 aliphatic rings. The van der Waals surface area contributed by atoms with Crippen LogP contribution in [0.4, 0.5) is 0 Å². The van der Waals surface area contributed by atoms with Gasteiger partial charge in [0, 0.05) is 12.4 Å². The first-order chi connectivity index (χ1) is 7.90. The third-order valence-corrected chi connectivity index (χ3v) is 2.69. The lowest BCUT2D eigenvalue weighted by Crippen LogP contribution is -2.19. The van der Waals surface area contributed by atoms with Gasteiger partial charge in [0.2, 0.25) is 0 Å². The molecule has 0 bridgehead atoms. The molecule has 0 amide bonds. The van der Waals surface area contributed by atoms with E-state index in [1.54, 1.807) is 0 Å². The summed E-state index contributed by atoms with van der Waals surface area (Å²) in [6.45, 7) is 2.22. The first kappa shape index (κ1) is 10.8. The predicted molar refractivity (Wildman–Crippen MR) is 67.9 cm³/mol. The second-order valence-corrected chi connectivity index (χ2v) is 3.97. The molecule has 1 N–H and O–H groups in total. The standard InChI is InChI=1S/C14H18N2/c1-2-8-14(13-9-4-3-5-10-13)15-16-11-6-7-12-16/h3-7,9-12,14-15H,2,8H2,1H3. The third-order valence-electron chi connectivity index (χ3n) is 2.69. The SMILES string of the molecule is CCCC(Nn1cccc1)c1ccccc1. The molecule has 0 aliphatic carbocycles. The molecule has 0 spiro atoms. The third kappa shape index (κ3) is 2.66. The summed E-state index contributed by atoms with van der Waals surface area (Å²) in [5, 5.41) is 0. The molecule has 1 heterocycles. The van der Waals surface area contributed by atoms with Crippen LogP contribution < -0.4 is 5.43 Å². The molecule has 2 aromatic rings. The van der Waals surface area contributed by atoms with Crippen molar-refractivity contribution in [1.82, 2.24) is 4.68 Å². The first-order valence-corrected chi connectivity index (χ1v) is 5.84. The van der Waals surface area contributed by atoms with Gasteiger partial charge in [-0.1, -0.05) is 43.7 Å². The summed E-state index contributed by atoms with van der Waals surface area (Å²) in [4.78, 5) is 0. The van der Waals surface area contributed by atoms with E-state index in [0.29, 0.717) is 6.04 Å². The zero-order chi connectivity index (χ0) is 11.2. The van der Waals surface area contributed by atoms with Crippen molar-refractivity contribution in [3.05, 3.63) is 60.4 Å². The normalized spacial score (nSPS) is 12.3. The zero-order valence-corrected chi connectivity index (χ0v) is 9.63. The van der Waals surface area contributed by atoms with Crippen molar-refractivity contribution in [3.8, 4) is 0 Å². The van der Waals surface area contributed by atoms with Gasteiger partial charge in [-0.3, -0.25) is 4.68 Å². The van der Waals surface area contributed by atoms with Crippen molar-refractivity contribution in [2.45, 2.75) is 25.8 Å². The first-order valence-electron chi connectivity index (χ1n) is 5.84. The Morgan fingerprint density at radius 2 is 1.75 bits per heavy atom. The molecule has 1 atom stereocenters. The average molecular weight is 214 g/mol. The van der Waals surface area contributed by atoms with Crippen LogP contribution in [0, 0.1) is 0 Å². The molecule has 2 rings (SSSR count). The quantitative estimate of drug-likeness (QED) is 0.805. The topological polar surface area (TPSA) is 17.0 Å². The van der Waals surface area contributed by atoms with Gasteiger partial charge in [0.1, 0.15) is 0 Å². The summed E-state index contributed by atoms with van der Waals surface area (Å²) in [7, 11) is 0. The van der Waals surface area contributed by atoms with Crippen molar-refractivity contribution in [2.24, 2.45) is 0 Å². The Labute approximate surface area is 96.9 Å². The molecule has 0 fully saturated rings. The van der Waals surface area contributed by atoms with Gasteiger partial charge >= 0.3 is 0 Å². The van der Waals surface area contributed by atoms with Crippen molar-refractivity contribution in [1.29, 1.82) is 0 Å². The van der Waals surface area contributed by atoms with E-state index in [1.807, 2.05) is 29.2 Å². The van der Waals surface area contributed by atoms with E-state index >= 15 is 0 Å². The van der Waals surface area contributed by atoms with Crippen molar-refractivity contribution < 1.29 is 0 Å². The highest BCUT2D eigenvalue weighted by Crippen LogP contribution is 2.19. The van der Waals surface area contributed by atoms with E-state index in [1.165, 1.54) is 12.0 Å². The highest BCUT2D eigenvalue weighted by atomic mass is 15.4. The molecular formula is C14H18N2.